The van der Waals surface area contributed by atoms with E-state index in [1.54, 1.807) is 12.1 Å². The van der Waals surface area contributed by atoms with Crippen LogP contribution in [-0.4, -0.2) is 25.0 Å². The van der Waals surface area contributed by atoms with Gasteiger partial charge in [-0.15, -0.1) is 12.4 Å². The lowest BCUT2D eigenvalue weighted by molar-refractivity contribution is 0.209. The van der Waals surface area contributed by atoms with E-state index in [0.29, 0.717) is 11.0 Å². The molecule has 18 heavy (non-hydrogen) atoms. The fourth-order valence-corrected chi connectivity index (χ4v) is 2.05. The van der Waals surface area contributed by atoms with Crippen LogP contribution in [0.5, 0.6) is 0 Å². The molecule has 2 N–H and O–H groups in total. The molecule has 0 bridgehead atoms. The molecule has 0 unspecified atom stereocenters. The van der Waals surface area contributed by atoms with Crippen LogP contribution in [0.4, 0.5) is 4.39 Å². The average molecular weight is 340 g/mol. The second-order valence-corrected chi connectivity index (χ2v) is 6.14. The molecule has 0 saturated carbocycles. The summed E-state index contributed by atoms with van der Waals surface area (Å²) in [6.45, 7) is 6.53. The molecule has 0 amide bonds. The summed E-state index contributed by atoms with van der Waals surface area (Å²) in [4.78, 5) is 2.16. The first-order valence-electron chi connectivity index (χ1n) is 5.66. The first-order chi connectivity index (χ1) is 7.84. The van der Waals surface area contributed by atoms with Crippen LogP contribution in [0.2, 0.25) is 0 Å². The Balaban J connectivity index is 0.00000289. The summed E-state index contributed by atoms with van der Waals surface area (Å²) < 4.78 is 13.9. The predicted molar refractivity (Wildman–Crippen MR) is 80.5 cm³/mol. The van der Waals surface area contributed by atoms with Crippen molar-refractivity contribution in [3.8, 4) is 0 Å². The summed E-state index contributed by atoms with van der Waals surface area (Å²) >= 11 is 3.15. The van der Waals surface area contributed by atoms with Gasteiger partial charge in [0.25, 0.3) is 0 Å². The Morgan fingerprint density at radius 2 is 2.00 bits per heavy atom. The number of halogens is 3. The molecular weight excluding hydrogens is 319 g/mol. The minimum atomic E-state index is -0.214. The monoisotopic (exact) mass is 338 g/mol. The molecule has 1 aromatic carbocycles. The smallest absolute Gasteiger partial charge is 0.137 e. The fraction of sp³-hybridized carbons (Fsp3) is 0.538. The van der Waals surface area contributed by atoms with E-state index < -0.39 is 0 Å². The largest absolute Gasteiger partial charge is 0.330 e. The van der Waals surface area contributed by atoms with Gasteiger partial charge in [0.1, 0.15) is 5.82 Å². The summed E-state index contributed by atoms with van der Waals surface area (Å²) in [6.07, 6.45) is 0. The molecule has 0 aromatic heterocycles. The Morgan fingerprint density at radius 1 is 1.39 bits per heavy atom. The quantitative estimate of drug-likeness (QED) is 0.890. The first kappa shape index (κ1) is 17.8. The molecule has 104 valence electrons. The van der Waals surface area contributed by atoms with Crippen molar-refractivity contribution in [2.75, 3.05) is 20.1 Å². The fourth-order valence-electron chi connectivity index (χ4n) is 1.80. The van der Waals surface area contributed by atoms with Crippen LogP contribution in [-0.2, 0) is 6.54 Å². The van der Waals surface area contributed by atoms with E-state index in [-0.39, 0.29) is 23.6 Å². The number of hydrogen-bond donors (Lipinski definition) is 1. The van der Waals surface area contributed by atoms with Gasteiger partial charge in [-0.2, -0.15) is 0 Å². The summed E-state index contributed by atoms with van der Waals surface area (Å²) in [7, 11) is 2.03. The summed E-state index contributed by atoms with van der Waals surface area (Å²) in [6, 6.07) is 5.24. The van der Waals surface area contributed by atoms with E-state index in [2.05, 4.69) is 34.7 Å². The molecule has 0 fully saturated rings. The van der Waals surface area contributed by atoms with Crippen molar-refractivity contribution in [2.24, 2.45) is 11.1 Å². The average Bonchev–Trinajstić information content (AvgIpc) is 2.23. The normalized spacial score (nSPS) is 11.5. The van der Waals surface area contributed by atoms with E-state index in [0.717, 1.165) is 18.7 Å². The van der Waals surface area contributed by atoms with E-state index >= 15 is 0 Å². The van der Waals surface area contributed by atoms with Crippen molar-refractivity contribution in [3.63, 3.8) is 0 Å². The van der Waals surface area contributed by atoms with E-state index in [4.69, 9.17) is 5.73 Å². The number of nitrogens with two attached hydrogens (primary N) is 1. The third-order valence-electron chi connectivity index (χ3n) is 2.69. The van der Waals surface area contributed by atoms with Gasteiger partial charge in [-0.1, -0.05) is 19.9 Å². The minimum absolute atomic E-state index is 0. The third-order valence-corrected chi connectivity index (χ3v) is 3.33. The van der Waals surface area contributed by atoms with Gasteiger partial charge in [0, 0.05) is 13.1 Å². The number of rotatable bonds is 5. The van der Waals surface area contributed by atoms with Crippen LogP contribution >= 0.6 is 28.3 Å². The zero-order valence-electron chi connectivity index (χ0n) is 11.0. The minimum Gasteiger partial charge on any atom is -0.330 e. The van der Waals surface area contributed by atoms with Crippen molar-refractivity contribution in [1.82, 2.24) is 4.90 Å². The highest BCUT2D eigenvalue weighted by Crippen LogP contribution is 2.19. The molecule has 1 aromatic rings. The Hall–Kier alpha value is -0.160. The highest BCUT2D eigenvalue weighted by atomic mass is 79.9. The maximum atomic E-state index is 13.3. The van der Waals surface area contributed by atoms with Crippen molar-refractivity contribution in [3.05, 3.63) is 34.1 Å². The van der Waals surface area contributed by atoms with Crippen LogP contribution in [0.1, 0.15) is 19.4 Å². The van der Waals surface area contributed by atoms with E-state index in [1.807, 2.05) is 13.1 Å². The first-order valence-corrected chi connectivity index (χ1v) is 6.46. The summed E-state index contributed by atoms with van der Waals surface area (Å²) in [5.74, 6) is -0.214. The van der Waals surface area contributed by atoms with E-state index in [1.165, 1.54) is 0 Å². The van der Waals surface area contributed by atoms with Gasteiger partial charge >= 0.3 is 0 Å². The van der Waals surface area contributed by atoms with Crippen molar-refractivity contribution >= 4 is 28.3 Å². The maximum absolute atomic E-state index is 13.3. The molecule has 0 spiro atoms. The van der Waals surface area contributed by atoms with Gasteiger partial charge in [0.2, 0.25) is 0 Å². The van der Waals surface area contributed by atoms with Crippen molar-refractivity contribution in [1.29, 1.82) is 0 Å². The molecule has 0 radical (unpaired) electrons. The summed E-state index contributed by atoms with van der Waals surface area (Å²) in [5.41, 5.74) is 6.76. The highest BCUT2D eigenvalue weighted by Gasteiger charge is 2.18. The molecule has 0 aliphatic carbocycles. The van der Waals surface area contributed by atoms with Gasteiger partial charge in [-0.3, -0.25) is 0 Å². The van der Waals surface area contributed by atoms with Gasteiger partial charge in [-0.25, -0.2) is 4.39 Å². The van der Waals surface area contributed by atoms with Crippen molar-refractivity contribution < 1.29 is 4.39 Å². The Labute approximate surface area is 123 Å². The molecule has 1 rings (SSSR count). The Bertz CT molecular complexity index is 385. The molecule has 0 saturated heterocycles. The van der Waals surface area contributed by atoms with Crippen LogP contribution in [0.25, 0.3) is 0 Å². The maximum Gasteiger partial charge on any atom is 0.137 e. The SMILES string of the molecule is CN(Cc1ccc(Br)c(F)c1)CC(C)(C)CN.Cl. The number of nitrogens with zero attached hydrogens (tertiary/aromatic N) is 1. The van der Waals surface area contributed by atoms with Crippen LogP contribution in [0.15, 0.2) is 22.7 Å². The second kappa shape index (κ2) is 7.43. The lowest BCUT2D eigenvalue weighted by Crippen LogP contribution is -2.36. The van der Waals surface area contributed by atoms with Crippen LogP contribution < -0.4 is 5.73 Å². The summed E-state index contributed by atoms with van der Waals surface area (Å²) in [5, 5.41) is 0. The lowest BCUT2D eigenvalue weighted by Gasteiger charge is -2.29. The Kier molecular flexibility index (Phi) is 7.37. The highest BCUT2D eigenvalue weighted by molar-refractivity contribution is 9.10. The molecule has 5 heteroatoms. The van der Waals surface area contributed by atoms with Gasteiger partial charge < -0.3 is 10.6 Å². The lowest BCUT2D eigenvalue weighted by atomic mass is 9.93. The van der Waals surface area contributed by atoms with Gasteiger partial charge in [0.05, 0.1) is 4.47 Å². The van der Waals surface area contributed by atoms with Gasteiger partial charge in [0.15, 0.2) is 0 Å². The molecule has 2 nitrogen and oxygen atoms in total. The van der Waals surface area contributed by atoms with Gasteiger partial charge in [-0.05, 0) is 52.6 Å². The molecule has 0 heterocycles. The zero-order valence-corrected chi connectivity index (χ0v) is 13.4. The predicted octanol–water partition coefficient (Wildman–Crippen LogP) is 3.43. The van der Waals surface area contributed by atoms with Crippen molar-refractivity contribution in [2.45, 2.75) is 20.4 Å². The Morgan fingerprint density at radius 3 is 2.50 bits per heavy atom. The molecule has 0 aliphatic heterocycles. The second-order valence-electron chi connectivity index (χ2n) is 5.29. The zero-order chi connectivity index (χ0) is 13.1. The van der Waals surface area contributed by atoms with E-state index in [9.17, 15) is 4.39 Å². The number of hydrogen-bond acceptors (Lipinski definition) is 2. The van der Waals surface area contributed by atoms with Crippen LogP contribution in [0.3, 0.4) is 0 Å². The molecular formula is C13H21BrClFN2. The topological polar surface area (TPSA) is 29.3 Å². The standard InChI is InChI=1S/C13H20BrFN2.ClH/c1-13(2,8-16)9-17(3)7-10-4-5-11(14)12(15)6-10;/h4-6H,7-9,16H2,1-3H3;1H. The molecule has 0 atom stereocenters. The van der Waals surface area contributed by atoms with Crippen LogP contribution in [0, 0.1) is 11.2 Å². The third kappa shape index (κ3) is 5.65. The number of benzene rings is 1. The molecule has 0 aliphatic rings.